The van der Waals surface area contributed by atoms with Gasteiger partial charge in [-0.25, -0.2) is 4.79 Å². The standard InChI is InChI=1S/C44H79N3O13.H2/c1-36(37(2)48)20-17-18-26-45-42(52)35-60-33-30-57-28-19-21-38(49)34-59-32-31-58-29-27-46-40(50)25-24-39(44(55)56)47-41(51)22-15-13-11-9-7-5-3-4-6-8-10-12-14-16-23-43(53)54;/h36,39H,3-35H2,1-2H3,(H,45,52)(H,46,50)(H,47,51)(H,53,54)(H,55,56);1H/t36-,39-;/m0./s1. The van der Waals surface area contributed by atoms with Gasteiger partial charge in [0.05, 0.1) is 33.0 Å². The topological polar surface area (TPSA) is 233 Å². The highest BCUT2D eigenvalue weighted by Gasteiger charge is 2.21. The second kappa shape index (κ2) is 40.9. The van der Waals surface area contributed by atoms with Crippen LogP contribution >= 0.6 is 0 Å². The zero-order valence-corrected chi connectivity index (χ0v) is 36.9. The molecule has 0 aromatic heterocycles. The first-order chi connectivity index (χ1) is 28.9. The van der Waals surface area contributed by atoms with E-state index >= 15 is 0 Å². The van der Waals surface area contributed by atoms with Crippen molar-refractivity contribution in [2.45, 2.75) is 168 Å². The molecule has 0 radical (unpaired) electrons. The lowest BCUT2D eigenvalue weighted by molar-refractivity contribution is -0.142. The summed E-state index contributed by atoms with van der Waals surface area (Å²) in [5, 5.41) is 26.2. The van der Waals surface area contributed by atoms with E-state index in [0.717, 1.165) is 57.8 Å². The third-order valence-electron chi connectivity index (χ3n) is 9.97. The fourth-order valence-electron chi connectivity index (χ4n) is 6.13. The van der Waals surface area contributed by atoms with Crippen LogP contribution in [0.25, 0.3) is 0 Å². The second-order valence-electron chi connectivity index (χ2n) is 15.5. The lowest BCUT2D eigenvalue weighted by atomic mass is 10.0. The second-order valence-corrected chi connectivity index (χ2v) is 15.5. The molecule has 0 aliphatic carbocycles. The third-order valence-corrected chi connectivity index (χ3v) is 9.97. The van der Waals surface area contributed by atoms with Crippen LogP contribution in [-0.2, 0) is 52.5 Å². The summed E-state index contributed by atoms with van der Waals surface area (Å²) < 4.78 is 21.5. The van der Waals surface area contributed by atoms with Crippen molar-refractivity contribution >= 4 is 41.2 Å². The fourth-order valence-corrected chi connectivity index (χ4v) is 6.13. The first kappa shape index (κ1) is 56.5. The van der Waals surface area contributed by atoms with E-state index in [1.165, 1.54) is 44.9 Å². The van der Waals surface area contributed by atoms with Gasteiger partial charge < -0.3 is 45.1 Å². The van der Waals surface area contributed by atoms with Crippen LogP contribution in [-0.4, -0.2) is 123 Å². The van der Waals surface area contributed by atoms with Crippen LogP contribution in [0.5, 0.6) is 0 Å². The molecule has 0 bridgehead atoms. The molecule has 2 atom stereocenters. The van der Waals surface area contributed by atoms with Crippen LogP contribution in [0.1, 0.15) is 163 Å². The van der Waals surface area contributed by atoms with Crippen molar-refractivity contribution < 1.29 is 64.1 Å². The number of carboxylic acid groups (broad SMARTS) is 2. The van der Waals surface area contributed by atoms with Crippen LogP contribution in [0.3, 0.4) is 0 Å². The lowest BCUT2D eigenvalue weighted by Crippen LogP contribution is -2.41. The van der Waals surface area contributed by atoms with E-state index < -0.39 is 18.0 Å². The van der Waals surface area contributed by atoms with Gasteiger partial charge in [0.25, 0.3) is 0 Å². The third kappa shape index (κ3) is 40.0. The Balaban J connectivity index is 0. The van der Waals surface area contributed by atoms with Gasteiger partial charge in [-0.05, 0) is 45.4 Å². The number of rotatable bonds is 45. The number of amides is 3. The number of carbonyl (C=O) groups is 7. The average Bonchev–Trinajstić information content (AvgIpc) is 3.20. The van der Waals surface area contributed by atoms with Gasteiger partial charge in [0.2, 0.25) is 17.7 Å². The van der Waals surface area contributed by atoms with Crippen molar-refractivity contribution in [3.63, 3.8) is 0 Å². The van der Waals surface area contributed by atoms with Gasteiger partial charge in [0.15, 0.2) is 5.78 Å². The molecule has 0 aliphatic rings. The van der Waals surface area contributed by atoms with Crippen molar-refractivity contribution in [3.05, 3.63) is 0 Å². The maximum absolute atomic E-state index is 12.3. The van der Waals surface area contributed by atoms with Crippen LogP contribution in [0.15, 0.2) is 0 Å². The molecular formula is C44H81N3O13. The first-order valence-corrected chi connectivity index (χ1v) is 22.5. The number of ether oxygens (including phenoxy) is 4. The number of ketones is 2. The van der Waals surface area contributed by atoms with Gasteiger partial charge in [-0.3, -0.25) is 28.8 Å². The smallest absolute Gasteiger partial charge is 0.326 e. The molecular weight excluding hydrogens is 778 g/mol. The van der Waals surface area contributed by atoms with Crippen molar-refractivity contribution in [2.75, 3.05) is 65.9 Å². The van der Waals surface area contributed by atoms with Gasteiger partial charge in [0.1, 0.15) is 25.0 Å². The minimum absolute atomic E-state index is 0. The Kier molecular flexibility index (Phi) is 38.5. The molecule has 0 saturated heterocycles. The quantitative estimate of drug-likeness (QED) is 0.0446. The maximum atomic E-state index is 12.3. The Morgan fingerprint density at radius 1 is 0.483 bits per heavy atom. The van der Waals surface area contributed by atoms with Gasteiger partial charge in [-0.1, -0.05) is 90.4 Å². The molecule has 3 amide bonds. The minimum Gasteiger partial charge on any atom is -0.481 e. The predicted octanol–water partition coefficient (Wildman–Crippen LogP) is 5.95. The molecule has 0 rings (SSSR count). The van der Waals surface area contributed by atoms with Crippen LogP contribution in [0.4, 0.5) is 0 Å². The molecule has 0 aromatic rings. The fraction of sp³-hybridized carbons (Fsp3) is 0.841. The Morgan fingerprint density at radius 2 is 1.00 bits per heavy atom. The Morgan fingerprint density at radius 3 is 1.57 bits per heavy atom. The minimum atomic E-state index is -1.18. The highest BCUT2D eigenvalue weighted by atomic mass is 16.5. The number of hydrogen-bond acceptors (Lipinski definition) is 11. The number of aliphatic carboxylic acids is 2. The molecule has 0 heterocycles. The van der Waals surface area contributed by atoms with Crippen LogP contribution in [0.2, 0.25) is 0 Å². The van der Waals surface area contributed by atoms with Gasteiger partial charge in [0, 0.05) is 52.7 Å². The van der Waals surface area contributed by atoms with E-state index in [1.807, 2.05) is 6.92 Å². The Bertz CT molecular complexity index is 1180. The average molecular weight is 860 g/mol. The number of Topliss-reactive ketones (excluding diaryl/α,β-unsaturated/α-hetero) is 2. The molecule has 60 heavy (non-hydrogen) atoms. The first-order valence-electron chi connectivity index (χ1n) is 22.5. The van der Waals surface area contributed by atoms with Gasteiger partial charge in [-0.2, -0.15) is 0 Å². The van der Waals surface area contributed by atoms with Gasteiger partial charge >= 0.3 is 11.9 Å². The monoisotopic (exact) mass is 860 g/mol. The Hall–Kier alpha value is -3.47. The zero-order chi connectivity index (χ0) is 44.5. The summed E-state index contributed by atoms with van der Waals surface area (Å²) in [6, 6.07) is -1.13. The van der Waals surface area contributed by atoms with Crippen molar-refractivity contribution in [2.24, 2.45) is 5.92 Å². The van der Waals surface area contributed by atoms with Gasteiger partial charge in [-0.15, -0.1) is 0 Å². The van der Waals surface area contributed by atoms with Crippen molar-refractivity contribution in [1.29, 1.82) is 0 Å². The summed E-state index contributed by atoms with van der Waals surface area (Å²) >= 11 is 0. The molecule has 0 aromatic carbocycles. The summed E-state index contributed by atoms with van der Waals surface area (Å²) in [4.78, 5) is 81.7. The predicted molar refractivity (Wildman–Crippen MR) is 230 cm³/mol. The molecule has 0 aliphatic heterocycles. The molecule has 5 N–H and O–H groups in total. The Labute approximate surface area is 360 Å². The highest BCUT2D eigenvalue weighted by molar-refractivity contribution is 5.84. The van der Waals surface area contributed by atoms with Crippen LogP contribution < -0.4 is 16.0 Å². The molecule has 0 unspecified atom stereocenters. The summed E-state index contributed by atoms with van der Waals surface area (Å²) in [5.74, 6) is -2.58. The number of carbonyl (C=O) groups excluding carboxylic acids is 5. The summed E-state index contributed by atoms with van der Waals surface area (Å²) in [6.07, 6.45) is 18.9. The number of hydrogen-bond donors (Lipinski definition) is 5. The molecule has 16 heteroatoms. The van der Waals surface area contributed by atoms with E-state index in [0.29, 0.717) is 39.0 Å². The van der Waals surface area contributed by atoms with E-state index in [9.17, 15) is 38.7 Å². The largest absolute Gasteiger partial charge is 0.481 e. The van der Waals surface area contributed by atoms with E-state index in [-0.39, 0.29) is 109 Å². The maximum Gasteiger partial charge on any atom is 0.326 e. The zero-order valence-electron chi connectivity index (χ0n) is 36.9. The molecule has 16 nitrogen and oxygen atoms in total. The van der Waals surface area contributed by atoms with Crippen molar-refractivity contribution in [3.8, 4) is 0 Å². The molecule has 350 valence electrons. The summed E-state index contributed by atoms with van der Waals surface area (Å²) in [7, 11) is 0. The van der Waals surface area contributed by atoms with E-state index in [2.05, 4.69) is 16.0 Å². The normalized spacial score (nSPS) is 12.1. The number of unbranched alkanes of at least 4 members (excludes halogenated alkanes) is 14. The molecule has 0 spiro atoms. The number of nitrogens with one attached hydrogen (secondary N) is 3. The highest BCUT2D eigenvalue weighted by Crippen LogP contribution is 2.14. The number of carboxylic acids is 2. The SMILES string of the molecule is CC(=O)[C@@H](C)CCCCNC(=O)COCCOCCCC(=O)COCCOCCNC(=O)CC[C@H](NC(=O)CCCCCCCCCCCCCCCCC(=O)O)C(=O)O.[HH]. The van der Waals surface area contributed by atoms with E-state index in [1.54, 1.807) is 6.92 Å². The van der Waals surface area contributed by atoms with Crippen molar-refractivity contribution in [1.82, 2.24) is 16.0 Å². The van der Waals surface area contributed by atoms with Crippen LogP contribution in [0, 0.1) is 5.92 Å². The molecule has 0 fully saturated rings. The van der Waals surface area contributed by atoms with E-state index in [4.69, 9.17) is 24.1 Å². The molecule has 0 saturated carbocycles. The lowest BCUT2D eigenvalue weighted by Gasteiger charge is -2.14. The summed E-state index contributed by atoms with van der Waals surface area (Å²) in [5.41, 5.74) is 0. The summed E-state index contributed by atoms with van der Waals surface area (Å²) in [6.45, 7) is 5.80.